The van der Waals surface area contributed by atoms with Crippen LogP contribution in [0.5, 0.6) is 0 Å². The maximum atomic E-state index is 11.4. The first kappa shape index (κ1) is 13.5. The van der Waals surface area contributed by atoms with Crippen molar-refractivity contribution >= 4 is 11.9 Å². The van der Waals surface area contributed by atoms with Crippen LogP contribution >= 0.6 is 0 Å². The molecule has 0 amide bonds. The summed E-state index contributed by atoms with van der Waals surface area (Å²) in [4.78, 5) is 22.7. The fourth-order valence-corrected chi connectivity index (χ4v) is 2.48. The number of aliphatic carboxylic acids is 2. The largest absolute Gasteiger partial charge is 0.481 e. The van der Waals surface area contributed by atoms with Crippen molar-refractivity contribution in [2.45, 2.75) is 33.6 Å². The van der Waals surface area contributed by atoms with Crippen LogP contribution in [0.4, 0.5) is 0 Å². The van der Waals surface area contributed by atoms with Gasteiger partial charge in [0.05, 0.1) is 5.41 Å². The van der Waals surface area contributed by atoms with Gasteiger partial charge >= 0.3 is 11.9 Å². The number of carboxylic acids is 2. The van der Waals surface area contributed by atoms with E-state index in [9.17, 15) is 19.8 Å². The molecule has 0 aromatic heterocycles. The topological polar surface area (TPSA) is 74.6 Å². The van der Waals surface area contributed by atoms with Gasteiger partial charge in [-0.2, -0.15) is 0 Å². The summed E-state index contributed by atoms with van der Waals surface area (Å²) in [5.41, 5.74) is -0.138. The predicted molar refractivity (Wildman–Crippen MR) is 63.6 cm³/mol. The quantitative estimate of drug-likeness (QED) is 0.789. The zero-order valence-electron chi connectivity index (χ0n) is 10.4. The molecule has 0 saturated carbocycles. The summed E-state index contributed by atoms with van der Waals surface area (Å²) in [6.45, 7) is 5.32. The van der Waals surface area contributed by atoms with Crippen LogP contribution in [0.1, 0.15) is 33.6 Å². The Hall–Kier alpha value is -1.58. The highest BCUT2D eigenvalue weighted by atomic mass is 16.4. The van der Waals surface area contributed by atoms with Crippen LogP contribution in [0, 0.1) is 11.3 Å². The molecule has 0 aliphatic heterocycles. The van der Waals surface area contributed by atoms with Crippen LogP contribution in [0.15, 0.2) is 23.3 Å². The normalized spacial score (nSPS) is 28.3. The lowest BCUT2D eigenvalue weighted by molar-refractivity contribution is -0.148. The molecule has 0 saturated heterocycles. The minimum Gasteiger partial charge on any atom is -0.481 e. The van der Waals surface area contributed by atoms with Gasteiger partial charge < -0.3 is 10.2 Å². The molecule has 1 aliphatic carbocycles. The number of carboxylic acid groups (broad SMARTS) is 2. The number of hydrogen-bond donors (Lipinski definition) is 2. The highest BCUT2D eigenvalue weighted by Crippen LogP contribution is 2.43. The minimum atomic E-state index is -1.09. The Morgan fingerprint density at radius 3 is 2.29 bits per heavy atom. The van der Waals surface area contributed by atoms with E-state index in [1.807, 2.05) is 6.92 Å². The van der Waals surface area contributed by atoms with Gasteiger partial charge in [-0.3, -0.25) is 4.79 Å². The first-order valence-electron chi connectivity index (χ1n) is 5.79. The number of carbonyl (C=O) groups is 2. The summed E-state index contributed by atoms with van der Waals surface area (Å²) in [5, 5.41) is 18.6. The SMILES string of the molecule is CCC1=C(C(=O)O)C(C)C(CC)(C(=O)O)C=C1. The fraction of sp³-hybridized carbons (Fsp3) is 0.538. The van der Waals surface area contributed by atoms with E-state index < -0.39 is 23.3 Å². The third kappa shape index (κ3) is 1.99. The fourth-order valence-electron chi connectivity index (χ4n) is 2.48. The summed E-state index contributed by atoms with van der Waals surface area (Å²) < 4.78 is 0. The lowest BCUT2D eigenvalue weighted by atomic mass is 9.66. The molecule has 0 aromatic carbocycles. The summed E-state index contributed by atoms with van der Waals surface area (Å²) >= 11 is 0. The van der Waals surface area contributed by atoms with Crippen molar-refractivity contribution in [3.63, 3.8) is 0 Å². The molecule has 4 nitrogen and oxygen atoms in total. The zero-order valence-corrected chi connectivity index (χ0v) is 10.4. The Balaban J connectivity index is 3.34. The van der Waals surface area contributed by atoms with Crippen molar-refractivity contribution in [2.24, 2.45) is 11.3 Å². The van der Waals surface area contributed by atoms with Gasteiger partial charge in [0.25, 0.3) is 0 Å². The van der Waals surface area contributed by atoms with E-state index in [4.69, 9.17) is 0 Å². The third-order valence-electron chi connectivity index (χ3n) is 3.73. The van der Waals surface area contributed by atoms with Crippen molar-refractivity contribution in [1.29, 1.82) is 0 Å². The Bertz CT molecular complexity index is 406. The van der Waals surface area contributed by atoms with Gasteiger partial charge in [0.15, 0.2) is 0 Å². The molecule has 0 heterocycles. The van der Waals surface area contributed by atoms with Crippen LogP contribution in [-0.4, -0.2) is 22.2 Å². The van der Waals surface area contributed by atoms with E-state index in [0.29, 0.717) is 12.8 Å². The average molecular weight is 238 g/mol. The molecule has 94 valence electrons. The summed E-state index contributed by atoms with van der Waals surface area (Å²) in [5.74, 6) is -2.49. The molecule has 2 atom stereocenters. The molecule has 1 aliphatic rings. The van der Waals surface area contributed by atoms with Crippen molar-refractivity contribution < 1.29 is 19.8 Å². The molecule has 1 rings (SSSR count). The van der Waals surface area contributed by atoms with Crippen molar-refractivity contribution in [3.8, 4) is 0 Å². The molecule has 17 heavy (non-hydrogen) atoms. The van der Waals surface area contributed by atoms with Gasteiger partial charge in [-0.1, -0.05) is 32.9 Å². The standard InChI is InChI=1S/C13H18O4/c1-4-9-6-7-13(5-2,12(16)17)8(3)10(9)11(14)15/h6-8H,4-5H2,1-3H3,(H,14,15)(H,16,17). The second-order valence-electron chi connectivity index (χ2n) is 4.35. The summed E-state index contributed by atoms with van der Waals surface area (Å²) in [6.07, 6.45) is 4.28. The van der Waals surface area contributed by atoms with Gasteiger partial charge in [0.1, 0.15) is 0 Å². The van der Waals surface area contributed by atoms with Crippen molar-refractivity contribution in [3.05, 3.63) is 23.3 Å². The van der Waals surface area contributed by atoms with E-state index in [-0.39, 0.29) is 5.57 Å². The van der Waals surface area contributed by atoms with E-state index in [1.54, 1.807) is 26.0 Å². The molecular formula is C13H18O4. The first-order valence-corrected chi connectivity index (χ1v) is 5.79. The van der Waals surface area contributed by atoms with E-state index in [0.717, 1.165) is 5.57 Å². The molecule has 4 heteroatoms. The van der Waals surface area contributed by atoms with Gasteiger partial charge in [0.2, 0.25) is 0 Å². The maximum Gasteiger partial charge on any atom is 0.332 e. The number of allylic oxidation sites excluding steroid dienone is 2. The smallest absolute Gasteiger partial charge is 0.332 e. The van der Waals surface area contributed by atoms with Crippen molar-refractivity contribution in [2.75, 3.05) is 0 Å². The van der Waals surface area contributed by atoms with E-state index in [2.05, 4.69) is 0 Å². The summed E-state index contributed by atoms with van der Waals surface area (Å²) in [6, 6.07) is 0. The highest BCUT2D eigenvalue weighted by Gasteiger charge is 2.45. The van der Waals surface area contributed by atoms with Gasteiger partial charge in [-0.25, -0.2) is 4.79 Å². The molecule has 0 radical (unpaired) electrons. The van der Waals surface area contributed by atoms with Crippen LogP contribution in [0.2, 0.25) is 0 Å². The Morgan fingerprint density at radius 1 is 1.35 bits per heavy atom. The third-order valence-corrected chi connectivity index (χ3v) is 3.73. The monoisotopic (exact) mass is 238 g/mol. The molecule has 2 N–H and O–H groups in total. The maximum absolute atomic E-state index is 11.4. The van der Waals surface area contributed by atoms with Crippen LogP contribution < -0.4 is 0 Å². The Labute approximate surface area is 101 Å². The van der Waals surface area contributed by atoms with Crippen molar-refractivity contribution in [1.82, 2.24) is 0 Å². The molecular weight excluding hydrogens is 220 g/mol. The lowest BCUT2D eigenvalue weighted by Crippen LogP contribution is -2.39. The van der Waals surface area contributed by atoms with E-state index in [1.165, 1.54) is 0 Å². The molecule has 2 unspecified atom stereocenters. The highest BCUT2D eigenvalue weighted by molar-refractivity contribution is 5.92. The average Bonchev–Trinajstić information content (AvgIpc) is 2.27. The molecule has 0 aromatic rings. The molecule has 0 bridgehead atoms. The van der Waals surface area contributed by atoms with Crippen LogP contribution in [0.25, 0.3) is 0 Å². The van der Waals surface area contributed by atoms with Crippen LogP contribution in [0.3, 0.4) is 0 Å². The zero-order chi connectivity index (χ0) is 13.2. The first-order chi connectivity index (χ1) is 7.90. The number of hydrogen-bond acceptors (Lipinski definition) is 2. The second kappa shape index (κ2) is 4.73. The molecule has 0 fully saturated rings. The number of rotatable bonds is 4. The van der Waals surface area contributed by atoms with Gasteiger partial charge in [-0.05, 0) is 18.4 Å². The van der Waals surface area contributed by atoms with E-state index >= 15 is 0 Å². The summed E-state index contributed by atoms with van der Waals surface area (Å²) in [7, 11) is 0. The Kier molecular flexibility index (Phi) is 3.76. The molecule has 0 spiro atoms. The lowest BCUT2D eigenvalue weighted by Gasteiger charge is -2.35. The van der Waals surface area contributed by atoms with Crippen LogP contribution in [-0.2, 0) is 9.59 Å². The minimum absolute atomic E-state index is 0.235. The Morgan fingerprint density at radius 2 is 1.94 bits per heavy atom. The van der Waals surface area contributed by atoms with Gasteiger partial charge in [-0.15, -0.1) is 0 Å². The van der Waals surface area contributed by atoms with Gasteiger partial charge in [0, 0.05) is 11.5 Å². The predicted octanol–water partition coefficient (Wildman–Crippen LogP) is 2.46. The second-order valence-corrected chi connectivity index (χ2v) is 4.35.